The van der Waals surface area contributed by atoms with E-state index in [1.165, 1.54) is 11.0 Å². The van der Waals surface area contributed by atoms with Gasteiger partial charge in [0.25, 0.3) is 5.91 Å². The van der Waals surface area contributed by atoms with Gasteiger partial charge in [0.2, 0.25) is 0 Å². The first-order chi connectivity index (χ1) is 10.0. The molecule has 21 heavy (non-hydrogen) atoms. The van der Waals surface area contributed by atoms with Crippen LogP contribution in [0.3, 0.4) is 0 Å². The minimum absolute atomic E-state index is 0.0976. The summed E-state index contributed by atoms with van der Waals surface area (Å²) in [6.45, 7) is 2.04. The Morgan fingerprint density at radius 3 is 2.67 bits per heavy atom. The summed E-state index contributed by atoms with van der Waals surface area (Å²) in [5, 5.41) is 0. The number of amides is 1. The lowest BCUT2D eigenvalue weighted by Gasteiger charge is -2.18. The standard InChI is InChI=1S/C17H18FNO2/c1-12-6-4-9-15(16(12)18)17(20)19(2)11-13-7-5-8-14(10-13)21-3/h4-10H,11H2,1-3H3. The molecule has 4 heteroatoms. The number of hydrogen-bond acceptors (Lipinski definition) is 2. The summed E-state index contributed by atoms with van der Waals surface area (Å²) in [4.78, 5) is 13.8. The molecule has 2 aromatic carbocycles. The van der Waals surface area contributed by atoms with Crippen molar-refractivity contribution in [3.05, 3.63) is 65.0 Å². The zero-order chi connectivity index (χ0) is 15.4. The van der Waals surface area contributed by atoms with Gasteiger partial charge in [0.05, 0.1) is 12.7 Å². The molecule has 0 fully saturated rings. The minimum Gasteiger partial charge on any atom is -0.497 e. The summed E-state index contributed by atoms with van der Waals surface area (Å²) in [7, 11) is 3.25. The van der Waals surface area contributed by atoms with E-state index in [4.69, 9.17) is 4.74 Å². The molecular weight excluding hydrogens is 269 g/mol. The quantitative estimate of drug-likeness (QED) is 0.862. The molecule has 2 aromatic rings. The van der Waals surface area contributed by atoms with Crippen molar-refractivity contribution in [1.82, 2.24) is 4.90 Å². The van der Waals surface area contributed by atoms with Gasteiger partial charge in [-0.05, 0) is 36.2 Å². The van der Waals surface area contributed by atoms with Crippen LogP contribution in [0.15, 0.2) is 42.5 Å². The lowest BCUT2D eigenvalue weighted by atomic mass is 10.1. The van der Waals surface area contributed by atoms with Crippen molar-refractivity contribution < 1.29 is 13.9 Å². The summed E-state index contributed by atoms with van der Waals surface area (Å²) in [6.07, 6.45) is 0. The number of methoxy groups -OCH3 is 1. The Morgan fingerprint density at radius 2 is 1.95 bits per heavy atom. The van der Waals surface area contributed by atoms with Crippen molar-refractivity contribution in [2.24, 2.45) is 0 Å². The number of halogens is 1. The molecule has 0 aliphatic rings. The van der Waals surface area contributed by atoms with Gasteiger partial charge in [0.15, 0.2) is 0 Å². The summed E-state index contributed by atoms with van der Waals surface area (Å²) >= 11 is 0. The zero-order valence-corrected chi connectivity index (χ0v) is 12.4. The van der Waals surface area contributed by atoms with Crippen LogP contribution < -0.4 is 4.74 Å². The Balaban J connectivity index is 2.17. The molecule has 0 heterocycles. The second-order valence-corrected chi connectivity index (χ2v) is 4.95. The van der Waals surface area contributed by atoms with E-state index in [0.29, 0.717) is 12.1 Å². The third-order valence-electron chi connectivity index (χ3n) is 3.32. The summed E-state index contributed by atoms with van der Waals surface area (Å²) < 4.78 is 19.2. The molecule has 110 valence electrons. The molecule has 0 aromatic heterocycles. The number of rotatable bonds is 4. The van der Waals surface area contributed by atoms with E-state index < -0.39 is 5.82 Å². The van der Waals surface area contributed by atoms with Crippen LogP contribution in [0.25, 0.3) is 0 Å². The summed E-state index contributed by atoms with van der Waals surface area (Å²) in [5.41, 5.74) is 1.49. The van der Waals surface area contributed by atoms with Crippen LogP contribution in [0.2, 0.25) is 0 Å². The van der Waals surface area contributed by atoms with E-state index in [1.54, 1.807) is 33.2 Å². The third-order valence-corrected chi connectivity index (χ3v) is 3.32. The van der Waals surface area contributed by atoms with Gasteiger partial charge in [-0.15, -0.1) is 0 Å². The van der Waals surface area contributed by atoms with Gasteiger partial charge in [-0.2, -0.15) is 0 Å². The number of hydrogen-bond donors (Lipinski definition) is 0. The predicted molar refractivity (Wildman–Crippen MR) is 79.9 cm³/mol. The highest BCUT2D eigenvalue weighted by molar-refractivity contribution is 5.94. The van der Waals surface area contributed by atoms with Crippen LogP contribution in [0.1, 0.15) is 21.5 Å². The number of carbonyl (C=O) groups excluding carboxylic acids is 1. The first-order valence-electron chi connectivity index (χ1n) is 6.66. The van der Waals surface area contributed by atoms with Crippen LogP contribution >= 0.6 is 0 Å². The highest BCUT2D eigenvalue weighted by atomic mass is 19.1. The van der Waals surface area contributed by atoms with Gasteiger partial charge < -0.3 is 9.64 Å². The van der Waals surface area contributed by atoms with Gasteiger partial charge in [-0.25, -0.2) is 4.39 Å². The number of ether oxygens (including phenoxy) is 1. The molecule has 1 amide bonds. The second kappa shape index (κ2) is 6.39. The predicted octanol–water partition coefficient (Wildman–Crippen LogP) is 3.41. The van der Waals surface area contributed by atoms with E-state index in [0.717, 1.165) is 11.3 Å². The number of carbonyl (C=O) groups is 1. The van der Waals surface area contributed by atoms with E-state index in [-0.39, 0.29) is 11.5 Å². The smallest absolute Gasteiger partial charge is 0.256 e. The molecular formula is C17H18FNO2. The Hall–Kier alpha value is -2.36. The van der Waals surface area contributed by atoms with Crippen molar-refractivity contribution in [2.75, 3.05) is 14.2 Å². The molecule has 0 N–H and O–H groups in total. The SMILES string of the molecule is COc1cccc(CN(C)C(=O)c2cccc(C)c2F)c1. The maximum Gasteiger partial charge on any atom is 0.256 e. The molecule has 0 bridgehead atoms. The van der Waals surface area contributed by atoms with Gasteiger partial charge in [-0.3, -0.25) is 4.79 Å². The number of nitrogens with zero attached hydrogens (tertiary/aromatic N) is 1. The molecule has 3 nitrogen and oxygen atoms in total. The first-order valence-corrected chi connectivity index (χ1v) is 6.66. The molecule has 0 aliphatic heterocycles. The Bertz CT molecular complexity index is 655. The van der Waals surface area contributed by atoms with Crippen LogP contribution in [0.4, 0.5) is 4.39 Å². The fourth-order valence-electron chi connectivity index (χ4n) is 2.13. The molecule has 0 saturated heterocycles. The molecule has 0 aliphatic carbocycles. The van der Waals surface area contributed by atoms with Crippen molar-refractivity contribution in [1.29, 1.82) is 0 Å². The Labute approximate surface area is 124 Å². The summed E-state index contributed by atoms with van der Waals surface area (Å²) in [5.74, 6) is -0.0610. The molecule has 2 rings (SSSR count). The normalized spacial score (nSPS) is 10.3. The highest BCUT2D eigenvalue weighted by Gasteiger charge is 2.17. The molecule has 0 saturated carbocycles. The van der Waals surface area contributed by atoms with Crippen molar-refractivity contribution in [3.8, 4) is 5.75 Å². The van der Waals surface area contributed by atoms with Gasteiger partial charge in [-0.1, -0.05) is 24.3 Å². The monoisotopic (exact) mass is 287 g/mol. The largest absolute Gasteiger partial charge is 0.497 e. The van der Waals surface area contributed by atoms with E-state index >= 15 is 0 Å². The lowest BCUT2D eigenvalue weighted by molar-refractivity contribution is 0.0780. The van der Waals surface area contributed by atoms with Crippen molar-refractivity contribution in [3.63, 3.8) is 0 Å². The van der Waals surface area contributed by atoms with E-state index in [2.05, 4.69) is 0 Å². The van der Waals surface area contributed by atoms with Crippen LogP contribution in [0, 0.1) is 12.7 Å². The molecule has 0 atom stereocenters. The average molecular weight is 287 g/mol. The Morgan fingerprint density at radius 1 is 1.24 bits per heavy atom. The number of aryl methyl sites for hydroxylation is 1. The van der Waals surface area contributed by atoms with Gasteiger partial charge in [0.1, 0.15) is 11.6 Å². The van der Waals surface area contributed by atoms with Gasteiger partial charge in [0, 0.05) is 13.6 Å². The zero-order valence-electron chi connectivity index (χ0n) is 12.4. The third kappa shape index (κ3) is 3.40. The highest BCUT2D eigenvalue weighted by Crippen LogP contribution is 2.17. The number of benzene rings is 2. The Kier molecular flexibility index (Phi) is 4.58. The topological polar surface area (TPSA) is 29.5 Å². The second-order valence-electron chi connectivity index (χ2n) is 4.95. The van der Waals surface area contributed by atoms with E-state index in [9.17, 15) is 9.18 Å². The molecule has 0 unspecified atom stereocenters. The van der Waals surface area contributed by atoms with Crippen molar-refractivity contribution >= 4 is 5.91 Å². The molecule has 0 spiro atoms. The molecule has 0 radical (unpaired) electrons. The fraction of sp³-hybridized carbons (Fsp3) is 0.235. The maximum atomic E-state index is 14.0. The van der Waals surface area contributed by atoms with Crippen LogP contribution in [-0.4, -0.2) is 25.0 Å². The van der Waals surface area contributed by atoms with Crippen LogP contribution in [-0.2, 0) is 6.54 Å². The average Bonchev–Trinajstić information content (AvgIpc) is 2.49. The van der Waals surface area contributed by atoms with Crippen molar-refractivity contribution in [2.45, 2.75) is 13.5 Å². The van der Waals surface area contributed by atoms with Gasteiger partial charge >= 0.3 is 0 Å². The lowest BCUT2D eigenvalue weighted by Crippen LogP contribution is -2.27. The van der Waals surface area contributed by atoms with E-state index in [1.807, 2.05) is 24.3 Å². The first kappa shape index (κ1) is 15.0. The minimum atomic E-state index is -0.458. The maximum absolute atomic E-state index is 14.0. The van der Waals surface area contributed by atoms with Crippen LogP contribution in [0.5, 0.6) is 5.75 Å². The fourth-order valence-corrected chi connectivity index (χ4v) is 2.13. The summed E-state index contributed by atoms with van der Waals surface area (Å²) in [6, 6.07) is 12.3.